The zero-order valence-corrected chi connectivity index (χ0v) is 17.3. The molecular formula is C24H29NO4. The number of allylic oxidation sites excluding steroid dienone is 3. The van der Waals surface area contributed by atoms with E-state index in [0.717, 1.165) is 61.2 Å². The molecule has 1 fully saturated rings. The Hall–Kier alpha value is -2.40. The van der Waals surface area contributed by atoms with E-state index < -0.39 is 0 Å². The van der Waals surface area contributed by atoms with Crippen molar-refractivity contribution in [3.63, 3.8) is 0 Å². The number of benzene rings is 1. The van der Waals surface area contributed by atoms with Crippen LogP contribution in [-0.4, -0.2) is 31.1 Å². The Bertz CT molecular complexity index is 859. The van der Waals surface area contributed by atoms with Gasteiger partial charge in [0.25, 0.3) is 0 Å². The molecular weight excluding hydrogens is 366 g/mol. The maximum Gasteiger partial charge on any atom is 0.336 e. The molecule has 0 amide bonds. The fraction of sp³-hybridized carbons (Fsp3) is 0.500. The highest BCUT2D eigenvalue weighted by Crippen LogP contribution is 2.42. The number of carbonyl (C=O) groups excluding carboxylic acids is 2. The lowest BCUT2D eigenvalue weighted by Gasteiger charge is -2.34. The molecule has 0 bridgehead atoms. The SMILES string of the molecule is CCc1ccc([C@H]2C(C(=O)OC[C@H]3CCCO3)=C(C)NC3=C2C(=O)CCC3)cc1. The second-order valence-corrected chi connectivity index (χ2v) is 8.09. The molecule has 1 aromatic carbocycles. The standard InChI is InChI=1S/C24H29NO4/c1-3-16-9-11-17(12-10-16)22-21(24(27)29-14-18-6-5-13-28-18)15(2)25-19-7-4-8-20(26)23(19)22/h9-12,18,22,25H,3-8,13-14H2,1-2H3/t18-,22+/m1/s1. The summed E-state index contributed by atoms with van der Waals surface area (Å²) in [5, 5.41) is 3.34. The van der Waals surface area contributed by atoms with E-state index in [1.807, 2.05) is 19.1 Å². The number of ketones is 1. The van der Waals surface area contributed by atoms with Crippen molar-refractivity contribution in [2.75, 3.05) is 13.2 Å². The van der Waals surface area contributed by atoms with Crippen LogP contribution in [0.3, 0.4) is 0 Å². The number of rotatable bonds is 5. The molecule has 5 heteroatoms. The molecule has 1 aliphatic carbocycles. The molecule has 0 spiro atoms. The smallest absolute Gasteiger partial charge is 0.336 e. The number of hydrogen-bond acceptors (Lipinski definition) is 5. The third-order valence-corrected chi connectivity index (χ3v) is 6.14. The molecule has 0 radical (unpaired) electrons. The second-order valence-electron chi connectivity index (χ2n) is 8.09. The summed E-state index contributed by atoms with van der Waals surface area (Å²) in [6, 6.07) is 8.25. The van der Waals surface area contributed by atoms with Crippen LogP contribution in [-0.2, 0) is 25.5 Å². The fourth-order valence-corrected chi connectivity index (χ4v) is 4.56. The summed E-state index contributed by atoms with van der Waals surface area (Å²) in [4.78, 5) is 26.0. The maximum atomic E-state index is 13.1. The van der Waals surface area contributed by atoms with E-state index >= 15 is 0 Å². The first-order valence-electron chi connectivity index (χ1n) is 10.7. The third-order valence-electron chi connectivity index (χ3n) is 6.14. The number of Topliss-reactive ketones (excluding diaryl/α,β-unsaturated/α-hetero) is 1. The molecule has 2 heterocycles. The van der Waals surface area contributed by atoms with Crippen molar-refractivity contribution in [2.45, 2.75) is 64.4 Å². The molecule has 29 heavy (non-hydrogen) atoms. The summed E-state index contributed by atoms with van der Waals surface area (Å²) in [6.07, 6.45) is 5.05. The Balaban J connectivity index is 1.68. The second kappa shape index (κ2) is 8.54. The van der Waals surface area contributed by atoms with Crippen molar-refractivity contribution in [1.82, 2.24) is 5.32 Å². The lowest BCUT2D eigenvalue weighted by atomic mass is 9.75. The van der Waals surface area contributed by atoms with E-state index in [-0.39, 0.29) is 30.4 Å². The van der Waals surface area contributed by atoms with Crippen LogP contribution in [0.15, 0.2) is 46.8 Å². The van der Waals surface area contributed by atoms with Crippen molar-refractivity contribution in [1.29, 1.82) is 0 Å². The number of carbonyl (C=O) groups is 2. The van der Waals surface area contributed by atoms with Crippen molar-refractivity contribution < 1.29 is 19.1 Å². The van der Waals surface area contributed by atoms with Gasteiger partial charge in [0.05, 0.1) is 11.7 Å². The van der Waals surface area contributed by atoms with Crippen LogP contribution in [0.4, 0.5) is 0 Å². The first kappa shape index (κ1) is 19.9. The fourth-order valence-electron chi connectivity index (χ4n) is 4.56. The Morgan fingerprint density at radius 1 is 1.21 bits per heavy atom. The third kappa shape index (κ3) is 4.01. The molecule has 2 aliphatic heterocycles. The van der Waals surface area contributed by atoms with Gasteiger partial charge < -0.3 is 14.8 Å². The van der Waals surface area contributed by atoms with Crippen molar-refractivity contribution in [3.05, 3.63) is 57.9 Å². The van der Waals surface area contributed by atoms with Gasteiger partial charge in [0.1, 0.15) is 6.61 Å². The average Bonchev–Trinajstić information content (AvgIpc) is 3.25. The lowest BCUT2D eigenvalue weighted by molar-refractivity contribution is -0.142. The summed E-state index contributed by atoms with van der Waals surface area (Å²) in [7, 11) is 0. The largest absolute Gasteiger partial charge is 0.459 e. The molecule has 0 unspecified atom stereocenters. The van der Waals surface area contributed by atoms with Crippen LogP contribution in [0, 0.1) is 0 Å². The van der Waals surface area contributed by atoms with E-state index in [9.17, 15) is 9.59 Å². The van der Waals surface area contributed by atoms with E-state index in [1.165, 1.54) is 5.56 Å². The normalized spacial score (nSPS) is 24.4. The molecule has 0 aromatic heterocycles. The maximum absolute atomic E-state index is 13.1. The minimum absolute atomic E-state index is 0.0233. The highest BCUT2D eigenvalue weighted by atomic mass is 16.6. The topological polar surface area (TPSA) is 64.6 Å². The van der Waals surface area contributed by atoms with Gasteiger partial charge in [-0.1, -0.05) is 31.2 Å². The molecule has 4 rings (SSSR count). The number of dihydropyridines is 1. The number of hydrogen-bond donors (Lipinski definition) is 1. The van der Waals surface area contributed by atoms with Crippen LogP contribution in [0.5, 0.6) is 0 Å². The average molecular weight is 395 g/mol. The molecule has 1 aromatic rings. The zero-order valence-electron chi connectivity index (χ0n) is 17.3. The van der Waals surface area contributed by atoms with Crippen LogP contribution < -0.4 is 5.32 Å². The van der Waals surface area contributed by atoms with E-state index in [1.54, 1.807) is 0 Å². The molecule has 3 aliphatic rings. The number of nitrogens with one attached hydrogen (secondary N) is 1. The van der Waals surface area contributed by atoms with Gasteiger partial charge in [0.15, 0.2) is 5.78 Å². The molecule has 5 nitrogen and oxygen atoms in total. The number of aryl methyl sites for hydroxylation is 1. The van der Waals surface area contributed by atoms with Gasteiger partial charge >= 0.3 is 5.97 Å². The van der Waals surface area contributed by atoms with Gasteiger partial charge in [-0.15, -0.1) is 0 Å². The highest BCUT2D eigenvalue weighted by molar-refractivity contribution is 6.03. The first-order valence-corrected chi connectivity index (χ1v) is 10.7. The lowest BCUT2D eigenvalue weighted by Crippen LogP contribution is -2.35. The first-order chi connectivity index (χ1) is 14.1. The van der Waals surface area contributed by atoms with Crippen molar-refractivity contribution >= 4 is 11.8 Å². The van der Waals surface area contributed by atoms with Crippen molar-refractivity contribution in [2.24, 2.45) is 0 Å². The monoisotopic (exact) mass is 395 g/mol. The quantitative estimate of drug-likeness (QED) is 0.765. The van der Waals surface area contributed by atoms with E-state index in [4.69, 9.17) is 9.47 Å². The van der Waals surface area contributed by atoms with E-state index in [2.05, 4.69) is 24.4 Å². The van der Waals surface area contributed by atoms with Crippen molar-refractivity contribution in [3.8, 4) is 0 Å². The summed E-state index contributed by atoms with van der Waals surface area (Å²) < 4.78 is 11.2. The Morgan fingerprint density at radius 2 is 2.00 bits per heavy atom. The van der Waals surface area contributed by atoms with Gasteiger partial charge in [0, 0.05) is 35.9 Å². The molecule has 0 saturated carbocycles. The number of esters is 1. The Morgan fingerprint density at radius 3 is 2.69 bits per heavy atom. The Labute approximate surface area is 172 Å². The van der Waals surface area contributed by atoms with Crippen LogP contribution >= 0.6 is 0 Å². The summed E-state index contributed by atoms with van der Waals surface area (Å²) >= 11 is 0. The summed E-state index contributed by atoms with van der Waals surface area (Å²) in [5.74, 6) is -0.609. The number of ether oxygens (including phenoxy) is 2. The van der Waals surface area contributed by atoms with Crippen LogP contribution in [0.25, 0.3) is 0 Å². The summed E-state index contributed by atoms with van der Waals surface area (Å²) in [5.41, 5.74) is 5.21. The zero-order chi connectivity index (χ0) is 20.4. The molecule has 2 atom stereocenters. The van der Waals surface area contributed by atoms with Gasteiger partial charge in [-0.2, -0.15) is 0 Å². The molecule has 1 N–H and O–H groups in total. The van der Waals surface area contributed by atoms with Gasteiger partial charge in [-0.3, -0.25) is 4.79 Å². The minimum atomic E-state index is -0.373. The Kier molecular flexibility index (Phi) is 5.86. The predicted octanol–water partition coefficient (Wildman–Crippen LogP) is 3.94. The van der Waals surface area contributed by atoms with Crippen LogP contribution in [0.2, 0.25) is 0 Å². The van der Waals surface area contributed by atoms with Crippen LogP contribution in [0.1, 0.15) is 63.0 Å². The summed E-state index contributed by atoms with van der Waals surface area (Å²) in [6.45, 7) is 5.00. The van der Waals surface area contributed by atoms with E-state index in [0.29, 0.717) is 12.0 Å². The van der Waals surface area contributed by atoms with Gasteiger partial charge in [0.2, 0.25) is 0 Å². The predicted molar refractivity (Wildman–Crippen MR) is 110 cm³/mol. The van der Waals surface area contributed by atoms with Gasteiger partial charge in [-0.05, 0) is 50.2 Å². The molecule has 1 saturated heterocycles. The molecule has 154 valence electrons. The minimum Gasteiger partial charge on any atom is -0.459 e. The highest BCUT2D eigenvalue weighted by Gasteiger charge is 2.39. The van der Waals surface area contributed by atoms with Gasteiger partial charge in [-0.25, -0.2) is 4.79 Å².